The van der Waals surface area contributed by atoms with E-state index >= 15 is 0 Å². The second-order valence-corrected chi connectivity index (χ2v) is 24.9. The van der Waals surface area contributed by atoms with Gasteiger partial charge in [0.2, 0.25) is 0 Å². The minimum absolute atomic E-state index is 0.0226. The van der Waals surface area contributed by atoms with Crippen LogP contribution in [0.2, 0.25) is 0 Å². The van der Waals surface area contributed by atoms with Gasteiger partial charge in [0.05, 0.1) is 17.2 Å². The fourth-order valence-corrected chi connectivity index (χ4v) is 11.8. The van der Waals surface area contributed by atoms with Crippen molar-refractivity contribution in [1.29, 1.82) is 5.26 Å². The molecule has 9 nitrogen and oxygen atoms in total. The Morgan fingerprint density at radius 1 is 0.488 bits per heavy atom. The highest BCUT2D eigenvalue weighted by Crippen LogP contribution is 2.32. The number of nitrogens with one attached hydrogen (secondary N) is 1. The summed E-state index contributed by atoms with van der Waals surface area (Å²) >= 11 is 0. The molecule has 1 amide bonds. The molecule has 11 rings (SSSR count). The van der Waals surface area contributed by atoms with Gasteiger partial charge in [-0.05, 0) is 268 Å². The number of amides is 1. The SMILES string of the molecule is CC(C)(C)c1ccc(NC(=O)c2ccc3c(c2)CCCCC3)cc1.N#Cc1ccc2c(c1)CCCCC2.O=C(O)c1ccc2c(c1)CCCCC2.O=S(=O)(Oc1ccc2c(c1)CCCCC2)C(F)(F)F.Oc1ccc2c(c1)CCCCC2. The number of halogens is 3. The lowest BCUT2D eigenvalue weighted by atomic mass is 9.87. The number of aryl methyl sites for hydroxylation is 10. The van der Waals surface area contributed by atoms with E-state index in [1.54, 1.807) is 18.2 Å². The first kappa shape index (κ1) is 62.7. The van der Waals surface area contributed by atoms with Crippen LogP contribution in [-0.2, 0) is 79.7 Å². The van der Waals surface area contributed by atoms with Crippen molar-refractivity contribution in [2.75, 3.05) is 5.32 Å². The summed E-state index contributed by atoms with van der Waals surface area (Å²) < 4.78 is 62.6. The third kappa shape index (κ3) is 18.8. The highest BCUT2D eigenvalue weighted by atomic mass is 32.2. The number of rotatable bonds is 5. The molecule has 0 aromatic heterocycles. The average Bonchev–Trinajstić information content (AvgIpc) is 4.24. The minimum atomic E-state index is -5.59. The van der Waals surface area contributed by atoms with Crippen LogP contribution < -0.4 is 9.50 Å². The third-order valence-electron chi connectivity index (χ3n) is 16.1. The van der Waals surface area contributed by atoms with Crippen molar-refractivity contribution in [3.05, 3.63) is 193 Å². The number of aromatic carboxylic acids is 1. The monoisotopic (exact) mass is 1140 g/mol. The zero-order valence-electron chi connectivity index (χ0n) is 48.1. The number of phenols is 1. The maximum atomic E-state index is 12.6. The van der Waals surface area contributed by atoms with Crippen LogP contribution >= 0.6 is 0 Å². The Balaban J connectivity index is 0.000000151. The molecule has 0 unspecified atom stereocenters. The molecule has 436 valence electrons. The van der Waals surface area contributed by atoms with Crippen LogP contribution in [0.4, 0.5) is 18.9 Å². The number of carboxylic acids is 1. The maximum absolute atomic E-state index is 12.6. The number of nitrogens with zero attached hydrogens (tertiary/aromatic N) is 1. The summed E-state index contributed by atoms with van der Waals surface area (Å²) in [6, 6.07) is 38.3. The number of aromatic hydroxyl groups is 1. The zero-order valence-corrected chi connectivity index (χ0v) is 48.9. The summed E-state index contributed by atoms with van der Waals surface area (Å²) in [6.45, 7) is 6.57. The number of anilines is 1. The molecule has 3 N–H and O–H groups in total. The highest BCUT2D eigenvalue weighted by Gasteiger charge is 2.48. The van der Waals surface area contributed by atoms with Crippen molar-refractivity contribution in [2.24, 2.45) is 0 Å². The van der Waals surface area contributed by atoms with Gasteiger partial charge in [0, 0.05) is 11.3 Å². The van der Waals surface area contributed by atoms with E-state index in [4.69, 9.17) is 10.4 Å². The van der Waals surface area contributed by atoms with Crippen LogP contribution in [-0.4, -0.2) is 36.0 Å². The lowest BCUT2D eigenvalue weighted by Gasteiger charge is -2.19. The molecule has 0 bridgehead atoms. The Labute approximate surface area is 484 Å². The number of nitriles is 1. The van der Waals surface area contributed by atoms with E-state index in [-0.39, 0.29) is 17.1 Å². The molecule has 6 aromatic rings. The third-order valence-corrected chi connectivity index (χ3v) is 17.1. The summed E-state index contributed by atoms with van der Waals surface area (Å²) in [5.74, 6) is -0.712. The Hall–Kier alpha value is -6.91. The van der Waals surface area contributed by atoms with Gasteiger partial charge in [0.15, 0.2) is 0 Å². The predicted octanol–water partition coefficient (Wildman–Crippen LogP) is 16.8. The second-order valence-electron chi connectivity index (χ2n) is 23.3. The summed E-state index contributed by atoms with van der Waals surface area (Å²) in [5.41, 5.74) is 11.7. The second kappa shape index (κ2) is 29.9. The lowest BCUT2D eigenvalue weighted by Crippen LogP contribution is -2.28. The van der Waals surface area contributed by atoms with Crippen LogP contribution in [0.5, 0.6) is 11.5 Å². The van der Waals surface area contributed by atoms with Gasteiger partial charge >= 0.3 is 21.6 Å². The molecular formula is C69H81F3N2O7S. The fourth-order valence-electron chi connectivity index (χ4n) is 11.3. The molecule has 0 aliphatic heterocycles. The molecule has 0 radical (unpaired) electrons. The van der Waals surface area contributed by atoms with Crippen molar-refractivity contribution in [2.45, 2.75) is 192 Å². The highest BCUT2D eigenvalue weighted by molar-refractivity contribution is 7.88. The molecule has 13 heteroatoms. The zero-order chi connectivity index (χ0) is 58.7. The van der Waals surface area contributed by atoms with Crippen molar-refractivity contribution < 1.29 is 45.6 Å². The molecular weight excluding hydrogens is 1060 g/mol. The fraction of sp³-hybridized carbons (Fsp3) is 0.435. The number of carboxylic acid groups (broad SMARTS) is 1. The molecule has 0 fully saturated rings. The number of benzene rings is 6. The number of carbonyl (C=O) groups is 2. The molecule has 5 aliphatic rings. The van der Waals surface area contributed by atoms with Crippen molar-refractivity contribution in [3.63, 3.8) is 0 Å². The van der Waals surface area contributed by atoms with Crippen LogP contribution in [0.15, 0.2) is 115 Å². The largest absolute Gasteiger partial charge is 0.534 e. The Bertz CT molecular complexity index is 3270. The molecule has 5 aliphatic carbocycles. The Morgan fingerprint density at radius 2 is 0.866 bits per heavy atom. The molecule has 6 aromatic carbocycles. The minimum Gasteiger partial charge on any atom is -0.508 e. The molecule has 0 saturated carbocycles. The van der Waals surface area contributed by atoms with Gasteiger partial charge in [-0.1, -0.05) is 95.3 Å². The van der Waals surface area contributed by atoms with Gasteiger partial charge in [-0.2, -0.15) is 26.9 Å². The van der Waals surface area contributed by atoms with Gasteiger partial charge in [0.1, 0.15) is 11.5 Å². The van der Waals surface area contributed by atoms with E-state index in [0.717, 1.165) is 98.6 Å². The number of hydrogen-bond acceptors (Lipinski definition) is 7. The van der Waals surface area contributed by atoms with Crippen molar-refractivity contribution >= 4 is 27.7 Å². The maximum Gasteiger partial charge on any atom is 0.534 e. The smallest absolute Gasteiger partial charge is 0.508 e. The number of phenolic OH excluding ortho intramolecular Hbond substituents is 1. The van der Waals surface area contributed by atoms with Gasteiger partial charge in [-0.15, -0.1) is 0 Å². The molecule has 0 saturated heterocycles. The lowest BCUT2D eigenvalue weighted by molar-refractivity contribution is -0.0500. The van der Waals surface area contributed by atoms with Gasteiger partial charge in [0.25, 0.3) is 5.91 Å². The Morgan fingerprint density at radius 3 is 1.30 bits per heavy atom. The molecule has 0 spiro atoms. The summed E-state index contributed by atoms with van der Waals surface area (Å²) in [4.78, 5) is 23.3. The van der Waals surface area contributed by atoms with Crippen LogP contribution in [0.3, 0.4) is 0 Å². The van der Waals surface area contributed by atoms with E-state index in [0.29, 0.717) is 11.3 Å². The standard InChI is InChI=1S/C22H27NO.C12H13F3O3S.C12H13N.C12H14O2.C11H14O/c1-22(2,3)19-11-13-20(14-12-19)23-21(24)18-10-9-16-7-5-4-6-8-17(16)15-18;13-12(14,15)19(16,17)18-11-7-6-9-4-2-1-3-5-10(9)8-11;13-9-10-6-7-11-4-2-1-3-5-12(11)8-10;13-12(14)11-7-6-9-4-2-1-3-5-10(9)8-11;12-11-7-6-9-4-2-1-3-5-10(9)8-11/h9-15H,4-8H2,1-3H3,(H,23,24);6-8H,1-5H2;6-8H,1-5H2;6-8H,1-5H2,(H,13,14);6-8,12H,1-5H2. The van der Waals surface area contributed by atoms with Crippen molar-refractivity contribution in [1.82, 2.24) is 0 Å². The van der Waals surface area contributed by atoms with Gasteiger partial charge in [-0.3, -0.25) is 4.79 Å². The van der Waals surface area contributed by atoms with E-state index < -0.39 is 21.6 Å². The molecule has 0 heterocycles. The predicted molar refractivity (Wildman–Crippen MR) is 321 cm³/mol. The van der Waals surface area contributed by atoms with Gasteiger partial charge < -0.3 is 19.7 Å². The van der Waals surface area contributed by atoms with Crippen LogP contribution in [0.1, 0.15) is 205 Å². The number of carbonyl (C=O) groups excluding carboxylic acids is 1. The number of alkyl halides is 3. The first-order valence-electron chi connectivity index (χ1n) is 29.6. The van der Waals surface area contributed by atoms with E-state index in [1.807, 2.05) is 42.5 Å². The number of hydrogen-bond donors (Lipinski definition) is 3. The van der Waals surface area contributed by atoms with E-state index in [2.05, 4.69) is 78.8 Å². The quantitative estimate of drug-likeness (QED) is 0.0876. The van der Waals surface area contributed by atoms with Crippen LogP contribution in [0.25, 0.3) is 0 Å². The average molecular weight is 1140 g/mol. The first-order valence-corrected chi connectivity index (χ1v) is 31.0. The summed E-state index contributed by atoms with van der Waals surface area (Å²) in [7, 11) is -5.59. The number of fused-ring (bicyclic) bond motifs is 5. The van der Waals surface area contributed by atoms with E-state index in [1.165, 1.54) is 152 Å². The van der Waals surface area contributed by atoms with Gasteiger partial charge in [-0.25, -0.2) is 4.79 Å². The Kier molecular flexibility index (Phi) is 22.8. The van der Waals surface area contributed by atoms with E-state index in [9.17, 15) is 36.3 Å². The topological polar surface area (TPSA) is 154 Å². The first-order chi connectivity index (χ1) is 39.3. The summed E-state index contributed by atoms with van der Waals surface area (Å²) in [6.07, 6.45) is 29.0. The van der Waals surface area contributed by atoms with Crippen LogP contribution in [0, 0.1) is 11.3 Å². The van der Waals surface area contributed by atoms with Crippen molar-refractivity contribution in [3.8, 4) is 17.6 Å². The molecule has 82 heavy (non-hydrogen) atoms. The summed E-state index contributed by atoms with van der Waals surface area (Å²) in [5, 5.41) is 29.9. The normalized spacial score (nSPS) is 15.7. The molecule has 0 atom stereocenters.